The SMILES string of the molecule is COc1ccc2c(c1)CCCC2CN(C)CCc1ccc(O)c([N+](=O)[O-])c1.Cl. The van der Waals surface area contributed by atoms with Crippen LogP contribution in [0.4, 0.5) is 5.69 Å². The summed E-state index contributed by atoms with van der Waals surface area (Å²) in [5.41, 5.74) is 3.42. The van der Waals surface area contributed by atoms with E-state index in [0.717, 1.165) is 30.8 Å². The van der Waals surface area contributed by atoms with E-state index in [-0.39, 0.29) is 23.8 Å². The predicted molar refractivity (Wildman–Crippen MR) is 112 cm³/mol. The summed E-state index contributed by atoms with van der Waals surface area (Å²) in [7, 11) is 3.79. The molecule has 0 fully saturated rings. The number of fused-ring (bicyclic) bond motifs is 1. The summed E-state index contributed by atoms with van der Waals surface area (Å²) in [5, 5.41) is 20.5. The number of nitrogens with zero attached hydrogens (tertiary/aromatic N) is 2. The Kier molecular flexibility index (Phi) is 7.66. The van der Waals surface area contributed by atoms with Gasteiger partial charge in [0.1, 0.15) is 5.75 Å². The number of hydrogen-bond donors (Lipinski definition) is 1. The van der Waals surface area contributed by atoms with Crippen LogP contribution in [0.15, 0.2) is 36.4 Å². The van der Waals surface area contributed by atoms with Crippen LogP contribution in [0, 0.1) is 10.1 Å². The predicted octanol–water partition coefficient (Wildman–Crippen LogP) is 4.33. The monoisotopic (exact) mass is 406 g/mol. The van der Waals surface area contributed by atoms with Crippen LogP contribution in [0.2, 0.25) is 0 Å². The second-order valence-electron chi connectivity index (χ2n) is 7.25. The van der Waals surface area contributed by atoms with Crippen molar-refractivity contribution >= 4 is 18.1 Å². The standard InChI is InChI=1S/C21H26N2O4.ClH/c1-22(11-10-15-6-9-21(24)20(12-15)23(25)26)14-17-5-3-4-16-13-18(27-2)7-8-19(16)17;/h6-9,12-13,17,24H,3-5,10-11,14H2,1-2H3;1H. The molecule has 0 heterocycles. The molecule has 0 bridgehead atoms. The molecule has 0 saturated heterocycles. The Morgan fingerprint density at radius 3 is 2.79 bits per heavy atom. The Morgan fingerprint density at radius 1 is 1.29 bits per heavy atom. The number of aryl methyl sites for hydroxylation is 1. The number of aromatic hydroxyl groups is 1. The van der Waals surface area contributed by atoms with Crippen molar-refractivity contribution in [3.8, 4) is 11.5 Å². The Labute approximate surface area is 171 Å². The van der Waals surface area contributed by atoms with E-state index >= 15 is 0 Å². The van der Waals surface area contributed by atoms with Gasteiger partial charge in [0.05, 0.1) is 12.0 Å². The normalized spacial score (nSPS) is 15.6. The van der Waals surface area contributed by atoms with Gasteiger partial charge in [0, 0.05) is 19.2 Å². The maximum absolute atomic E-state index is 11.0. The lowest BCUT2D eigenvalue weighted by atomic mass is 9.82. The molecule has 3 rings (SSSR count). The summed E-state index contributed by atoms with van der Waals surface area (Å²) in [6.45, 7) is 1.77. The van der Waals surface area contributed by atoms with Crippen LogP contribution in [-0.4, -0.2) is 42.2 Å². The smallest absolute Gasteiger partial charge is 0.310 e. The van der Waals surface area contributed by atoms with Gasteiger partial charge in [0.15, 0.2) is 5.75 Å². The zero-order valence-electron chi connectivity index (χ0n) is 16.3. The number of halogens is 1. The van der Waals surface area contributed by atoms with Crippen LogP contribution in [0.1, 0.15) is 35.4 Å². The highest BCUT2D eigenvalue weighted by Crippen LogP contribution is 2.34. The van der Waals surface area contributed by atoms with Gasteiger partial charge in [-0.05, 0) is 73.5 Å². The molecule has 0 aromatic heterocycles. The van der Waals surface area contributed by atoms with E-state index in [0.29, 0.717) is 12.3 Å². The van der Waals surface area contributed by atoms with Gasteiger partial charge in [-0.2, -0.15) is 0 Å². The van der Waals surface area contributed by atoms with E-state index in [1.807, 2.05) is 6.07 Å². The first kappa shape index (κ1) is 22.0. The Bertz CT molecular complexity index is 828. The fourth-order valence-electron chi connectivity index (χ4n) is 3.87. The van der Waals surface area contributed by atoms with Gasteiger partial charge in [0.25, 0.3) is 0 Å². The summed E-state index contributed by atoms with van der Waals surface area (Å²) in [6, 6.07) is 11.0. The number of rotatable bonds is 7. The van der Waals surface area contributed by atoms with Crippen LogP contribution in [-0.2, 0) is 12.8 Å². The number of ether oxygens (including phenoxy) is 1. The minimum absolute atomic E-state index is 0. The molecular weight excluding hydrogens is 380 g/mol. The number of likely N-dealkylation sites (N-methyl/N-ethyl adjacent to an activating group) is 1. The van der Waals surface area contributed by atoms with Crippen LogP contribution in [0.5, 0.6) is 11.5 Å². The zero-order valence-corrected chi connectivity index (χ0v) is 17.1. The van der Waals surface area contributed by atoms with E-state index in [4.69, 9.17) is 4.74 Å². The van der Waals surface area contributed by atoms with Gasteiger partial charge in [-0.25, -0.2) is 0 Å². The number of nitro groups is 1. The zero-order chi connectivity index (χ0) is 19.4. The van der Waals surface area contributed by atoms with Crippen LogP contribution >= 0.6 is 12.4 Å². The summed E-state index contributed by atoms with van der Waals surface area (Å²) in [4.78, 5) is 12.7. The molecule has 0 amide bonds. The number of nitro benzene ring substituents is 1. The maximum Gasteiger partial charge on any atom is 0.310 e. The number of phenolic OH excluding ortho intramolecular Hbond substituents is 1. The number of phenols is 1. The van der Waals surface area contributed by atoms with Gasteiger partial charge < -0.3 is 14.7 Å². The molecule has 1 aliphatic rings. The Hall–Kier alpha value is -2.31. The van der Waals surface area contributed by atoms with E-state index in [1.54, 1.807) is 13.2 Å². The summed E-state index contributed by atoms with van der Waals surface area (Å²) in [5.74, 6) is 1.13. The van der Waals surface area contributed by atoms with Crippen molar-refractivity contribution in [3.63, 3.8) is 0 Å². The average Bonchev–Trinajstić information content (AvgIpc) is 2.67. The molecule has 0 saturated carbocycles. The third-order valence-corrected chi connectivity index (χ3v) is 5.34. The van der Waals surface area contributed by atoms with E-state index < -0.39 is 4.92 Å². The van der Waals surface area contributed by atoms with Crippen molar-refractivity contribution in [3.05, 3.63) is 63.2 Å². The molecule has 0 radical (unpaired) electrons. The fourth-order valence-corrected chi connectivity index (χ4v) is 3.87. The van der Waals surface area contributed by atoms with Crippen molar-refractivity contribution in [1.29, 1.82) is 0 Å². The van der Waals surface area contributed by atoms with E-state index in [1.165, 1.54) is 36.1 Å². The van der Waals surface area contributed by atoms with E-state index in [9.17, 15) is 15.2 Å². The molecule has 7 heteroatoms. The molecule has 28 heavy (non-hydrogen) atoms. The second-order valence-corrected chi connectivity index (χ2v) is 7.25. The summed E-state index contributed by atoms with van der Waals surface area (Å²) in [6.07, 6.45) is 4.17. The van der Waals surface area contributed by atoms with Crippen molar-refractivity contribution in [2.75, 3.05) is 27.2 Å². The van der Waals surface area contributed by atoms with Crippen molar-refractivity contribution in [2.45, 2.75) is 31.6 Å². The van der Waals surface area contributed by atoms with Gasteiger partial charge in [-0.15, -0.1) is 12.4 Å². The molecule has 152 valence electrons. The van der Waals surface area contributed by atoms with Gasteiger partial charge in [-0.3, -0.25) is 10.1 Å². The minimum atomic E-state index is -0.546. The van der Waals surface area contributed by atoms with Crippen LogP contribution in [0.3, 0.4) is 0 Å². The molecule has 0 spiro atoms. The maximum atomic E-state index is 11.0. The summed E-state index contributed by atoms with van der Waals surface area (Å²) < 4.78 is 5.34. The lowest BCUT2D eigenvalue weighted by Crippen LogP contribution is -2.28. The second kappa shape index (κ2) is 9.75. The van der Waals surface area contributed by atoms with Gasteiger partial charge in [-0.1, -0.05) is 12.1 Å². The van der Waals surface area contributed by atoms with Gasteiger partial charge in [0.2, 0.25) is 0 Å². The highest BCUT2D eigenvalue weighted by molar-refractivity contribution is 5.85. The third-order valence-electron chi connectivity index (χ3n) is 5.34. The van der Waals surface area contributed by atoms with Gasteiger partial charge >= 0.3 is 5.69 Å². The molecule has 1 atom stereocenters. The quantitative estimate of drug-likeness (QED) is 0.547. The first-order valence-electron chi connectivity index (χ1n) is 9.29. The lowest BCUT2D eigenvalue weighted by molar-refractivity contribution is -0.385. The van der Waals surface area contributed by atoms with Crippen molar-refractivity contribution in [1.82, 2.24) is 4.90 Å². The fraction of sp³-hybridized carbons (Fsp3) is 0.429. The van der Waals surface area contributed by atoms with Crippen molar-refractivity contribution < 1.29 is 14.8 Å². The lowest BCUT2D eigenvalue weighted by Gasteiger charge is -2.29. The largest absolute Gasteiger partial charge is 0.502 e. The number of benzene rings is 2. The molecule has 6 nitrogen and oxygen atoms in total. The molecular formula is C21H27ClN2O4. The first-order chi connectivity index (χ1) is 13.0. The first-order valence-corrected chi connectivity index (χ1v) is 9.29. The van der Waals surface area contributed by atoms with E-state index in [2.05, 4.69) is 24.1 Å². The highest BCUT2D eigenvalue weighted by Gasteiger charge is 2.22. The molecule has 2 aromatic carbocycles. The highest BCUT2D eigenvalue weighted by atomic mass is 35.5. The average molecular weight is 407 g/mol. The minimum Gasteiger partial charge on any atom is -0.502 e. The molecule has 2 aromatic rings. The van der Waals surface area contributed by atoms with Crippen LogP contribution in [0.25, 0.3) is 0 Å². The van der Waals surface area contributed by atoms with Crippen molar-refractivity contribution in [2.24, 2.45) is 0 Å². The topological polar surface area (TPSA) is 75.8 Å². The third kappa shape index (κ3) is 5.14. The summed E-state index contributed by atoms with van der Waals surface area (Å²) >= 11 is 0. The molecule has 1 N–H and O–H groups in total. The Balaban J connectivity index is 0.00000280. The molecule has 1 aliphatic carbocycles. The molecule has 1 unspecified atom stereocenters. The number of methoxy groups -OCH3 is 1. The van der Waals surface area contributed by atoms with Crippen LogP contribution < -0.4 is 4.74 Å². The number of hydrogen-bond acceptors (Lipinski definition) is 5. The Morgan fingerprint density at radius 2 is 2.07 bits per heavy atom. The molecule has 0 aliphatic heterocycles.